The third-order valence-electron chi connectivity index (χ3n) is 4.13. The van der Waals surface area contributed by atoms with Crippen LogP contribution in [0.2, 0.25) is 0 Å². The highest BCUT2D eigenvalue weighted by atomic mass is 16.5. The van der Waals surface area contributed by atoms with Crippen LogP contribution in [0.5, 0.6) is 0 Å². The fraction of sp³-hybridized carbons (Fsp3) is 0.316. The van der Waals surface area contributed by atoms with E-state index in [0.717, 1.165) is 49.5 Å². The topological polar surface area (TPSA) is 49.8 Å². The van der Waals surface area contributed by atoms with Crippen molar-refractivity contribution < 1.29 is 14.6 Å². The summed E-state index contributed by atoms with van der Waals surface area (Å²) in [5.41, 5.74) is 4.17. The molecule has 0 atom stereocenters. The molecule has 0 radical (unpaired) electrons. The molecular formula is C19H21NO3. The molecule has 120 valence electrons. The lowest BCUT2D eigenvalue weighted by molar-refractivity contribution is -0.136. The lowest BCUT2D eigenvalue weighted by Crippen LogP contribution is -2.35. The fourth-order valence-electron chi connectivity index (χ4n) is 2.93. The highest BCUT2D eigenvalue weighted by Crippen LogP contribution is 2.25. The van der Waals surface area contributed by atoms with Crippen LogP contribution in [0.4, 0.5) is 0 Å². The van der Waals surface area contributed by atoms with E-state index in [0.29, 0.717) is 0 Å². The van der Waals surface area contributed by atoms with Crippen molar-refractivity contribution >= 4 is 5.97 Å². The Kier molecular flexibility index (Phi) is 5.05. The van der Waals surface area contributed by atoms with Gasteiger partial charge < -0.3 is 9.84 Å². The number of carbonyl (C=O) groups is 1. The fourth-order valence-corrected chi connectivity index (χ4v) is 2.93. The second kappa shape index (κ2) is 7.40. The second-order valence-corrected chi connectivity index (χ2v) is 5.81. The zero-order valence-corrected chi connectivity index (χ0v) is 13.1. The van der Waals surface area contributed by atoms with Crippen LogP contribution in [-0.4, -0.2) is 42.3 Å². The molecule has 4 nitrogen and oxygen atoms in total. The Morgan fingerprint density at radius 1 is 1.04 bits per heavy atom. The first-order valence-corrected chi connectivity index (χ1v) is 7.91. The Bertz CT molecular complexity index is 661. The van der Waals surface area contributed by atoms with Gasteiger partial charge in [0.25, 0.3) is 0 Å². The summed E-state index contributed by atoms with van der Waals surface area (Å²) in [6, 6.07) is 16.1. The smallest absolute Gasteiger partial charge is 0.307 e. The third kappa shape index (κ3) is 4.18. The highest BCUT2D eigenvalue weighted by molar-refractivity contribution is 5.76. The summed E-state index contributed by atoms with van der Waals surface area (Å²) in [5, 5.41) is 9.05. The predicted octanol–water partition coefficient (Wildman–Crippen LogP) is 2.81. The Labute approximate surface area is 136 Å². The van der Waals surface area contributed by atoms with Crippen LogP contribution in [0.3, 0.4) is 0 Å². The van der Waals surface area contributed by atoms with E-state index in [1.165, 1.54) is 5.56 Å². The predicted molar refractivity (Wildman–Crippen MR) is 89.3 cm³/mol. The maximum Gasteiger partial charge on any atom is 0.307 e. The minimum atomic E-state index is -0.804. The maximum absolute atomic E-state index is 11.0. The van der Waals surface area contributed by atoms with E-state index < -0.39 is 5.97 Å². The molecule has 1 saturated heterocycles. The molecule has 1 heterocycles. The minimum absolute atomic E-state index is 0.0473. The number of aliphatic carboxylic acids is 1. The van der Waals surface area contributed by atoms with Crippen molar-refractivity contribution in [3.8, 4) is 11.1 Å². The molecule has 0 bridgehead atoms. The summed E-state index contributed by atoms with van der Waals surface area (Å²) in [7, 11) is 0. The number of hydrogen-bond acceptors (Lipinski definition) is 3. The number of ether oxygens (including phenoxy) is 1. The van der Waals surface area contributed by atoms with Gasteiger partial charge in [0.05, 0.1) is 19.6 Å². The first-order valence-electron chi connectivity index (χ1n) is 7.91. The molecule has 2 aromatic carbocycles. The summed E-state index contributed by atoms with van der Waals surface area (Å²) >= 11 is 0. The summed E-state index contributed by atoms with van der Waals surface area (Å²) in [4.78, 5) is 13.4. The van der Waals surface area contributed by atoms with Gasteiger partial charge in [0.15, 0.2) is 0 Å². The zero-order chi connectivity index (χ0) is 16.1. The number of benzene rings is 2. The van der Waals surface area contributed by atoms with Gasteiger partial charge >= 0.3 is 5.97 Å². The molecular weight excluding hydrogens is 290 g/mol. The van der Waals surface area contributed by atoms with Crippen molar-refractivity contribution in [3.63, 3.8) is 0 Å². The molecule has 0 saturated carbocycles. The molecule has 0 amide bonds. The van der Waals surface area contributed by atoms with Crippen molar-refractivity contribution in [2.45, 2.75) is 13.0 Å². The number of morpholine rings is 1. The molecule has 23 heavy (non-hydrogen) atoms. The van der Waals surface area contributed by atoms with E-state index in [1.54, 1.807) is 0 Å². The molecule has 2 aromatic rings. The van der Waals surface area contributed by atoms with Gasteiger partial charge in [-0.15, -0.1) is 0 Å². The number of carboxylic acids is 1. The number of carboxylic acid groups (broad SMARTS) is 1. The van der Waals surface area contributed by atoms with Crippen molar-refractivity contribution in [3.05, 3.63) is 59.7 Å². The van der Waals surface area contributed by atoms with Crippen LogP contribution < -0.4 is 0 Å². The number of nitrogens with zero attached hydrogens (tertiary/aromatic N) is 1. The Morgan fingerprint density at radius 3 is 2.43 bits per heavy atom. The Hall–Kier alpha value is -2.17. The lowest BCUT2D eigenvalue weighted by atomic mass is 9.97. The Balaban J connectivity index is 1.75. The molecule has 1 N–H and O–H groups in total. The van der Waals surface area contributed by atoms with Crippen LogP contribution in [0.1, 0.15) is 11.1 Å². The van der Waals surface area contributed by atoms with Crippen LogP contribution in [0, 0.1) is 0 Å². The molecule has 0 aliphatic carbocycles. The largest absolute Gasteiger partial charge is 0.481 e. The summed E-state index contributed by atoms with van der Waals surface area (Å²) in [5.74, 6) is -0.804. The van der Waals surface area contributed by atoms with Gasteiger partial charge in [-0.25, -0.2) is 0 Å². The second-order valence-electron chi connectivity index (χ2n) is 5.81. The van der Waals surface area contributed by atoms with Gasteiger partial charge in [-0.1, -0.05) is 48.5 Å². The van der Waals surface area contributed by atoms with Gasteiger partial charge in [0, 0.05) is 19.6 Å². The zero-order valence-electron chi connectivity index (χ0n) is 13.1. The van der Waals surface area contributed by atoms with Crippen molar-refractivity contribution in [1.29, 1.82) is 0 Å². The summed E-state index contributed by atoms with van der Waals surface area (Å²) in [6.45, 7) is 4.49. The van der Waals surface area contributed by atoms with Gasteiger partial charge in [0.1, 0.15) is 0 Å². The van der Waals surface area contributed by atoms with Crippen LogP contribution in [-0.2, 0) is 22.5 Å². The molecule has 0 aromatic heterocycles. The van der Waals surface area contributed by atoms with Crippen molar-refractivity contribution in [2.24, 2.45) is 0 Å². The monoisotopic (exact) mass is 311 g/mol. The van der Waals surface area contributed by atoms with Crippen molar-refractivity contribution in [1.82, 2.24) is 4.90 Å². The minimum Gasteiger partial charge on any atom is -0.481 e. The normalized spacial score (nSPS) is 15.5. The van der Waals surface area contributed by atoms with Crippen LogP contribution in [0.15, 0.2) is 48.5 Å². The van der Waals surface area contributed by atoms with E-state index in [-0.39, 0.29) is 6.42 Å². The summed E-state index contributed by atoms with van der Waals surface area (Å²) < 4.78 is 5.37. The van der Waals surface area contributed by atoms with Crippen LogP contribution >= 0.6 is 0 Å². The molecule has 1 fully saturated rings. The van der Waals surface area contributed by atoms with Crippen LogP contribution in [0.25, 0.3) is 11.1 Å². The quantitative estimate of drug-likeness (QED) is 0.922. The molecule has 1 aliphatic rings. The number of hydrogen-bond donors (Lipinski definition) is 1. The average Bonchev–Trinajstić information content (AvgIpc) is 2.57. The van der Waals surface area contributed by atoms with E-state index in [1.807, 2.05) is 24.3 Å². The van der Waals surface area contributed by atoms with E-state index in [2.05, 4.69) is 29.2 Å². The van der Waals surface area contributed by atoms with E-state index in [9.17, 15) is 4.79 Å². The maximum atomic E-state index is 11.0. The standard InChI is InChI=1S/C19H21NO3/c21-19(22)13-17-3-1-2-4-18(17)16-7-5-15(6-8-16)14-20-9-11-23-12-10-20/h1-8H,9-14H2,(H,21,22). The Morgan fingerprint density at radius 2 is 1.74 bits per heavy atom. The first kappa shape index (κ1) is 15.7. The first-order chi connectivity index (χ1) is 11.2. The summed E-state index contributed by atoms with van der Waals surface area (Å²) in [6.07, 6.45) is 0.0473. The highest BCUT2D eigenvalue weighted by Gasteiger charge is 2.11. The number of rotatable bonds is 5. The molecule has 1 aliphatic heterocycles. The van der Waals surface area contributed by atoms with Gasteiger partial charge in [-0.3, -0.25) is 9.69 Å². The molecule has 3 rings (SSSR count). The lowest BCUT2D eigenvalue weighted by Gasteiger charge is -2.26. The van der Waals surface area contributed by atoms with E-state index in [4.69, 9.17) is 9.84 Å². The van der Waals surface area contributed by atoms with Gasteiger partial charge in [-0.2, -0.15) is 0 Å². The molecule has 4 heteroatoms. The van der Waals surface area contributed by atoms with Gasteiger partial charge in [-0.05, 0) is 22.3 Å². The van der Waals surface area contributed by atoms with Crippen molar-refractivity contribution in [2.75, 3.05) is 26.3 Å². The van der Waals surface area contributed by atoms with Gasteiger partial charge in [0.2, 0.25) is 0 Å². The molecule has 0 unspecified atom stereocenters. The van der Waals surface area contributed by atoms with E-state index >= 15 is 0 Å². The SMILES string of the molecule is O=C(O)Cc1ccccc1-c1ccc(CN2CCOCC2)cc1. The third-order valence-corrected chi connectivity index (χ3v) is 4.13. The molecule has 0 spiro atoms. The average molecular weight is 311 g/mol.